The molecule has 2 heterocycles. The molecule has 5 nitrogen and oxygen atoms in total. The molecule has 1 amide bonds. The smallest absolute Gasteiger partial charge is 0.256 e. The molecular formula is C20H16N4O. The van der Waals surface area contributed by atoms with E-state index in [4.69, 9.17) is 0 Å². The molecule has 0 radical (unpaired) electrons. The van der Waals surface area contributed by atoms with Gasteiger partial charge in [0.05, 0.1) is 12.1 Å². The lowest BCUT2D eigenvalue weighted by molar-refractivity contribution is 0.102. The summed E-state index contributed by atoms with van der Waals surface area (Å²) in [6.45, 7) is 0.662. The first kappa shape index (κ1) is 15.1. The normalized spacial score (nSPS) is 10.7. The Morgan fingerprint density at radius 1 is 1.00 bits per heavy atom. The van der Waals surface area contributed by atoms with Crippen molar-refractivity contribution in [3.8, 4) is 0 Å². The molecule has 0 atom stereocenters. The van der Waals surface area contributed by atoms with Crippen LogP contribution in [0.2, 0.25) is 0 Å². The van der Waals surface area contributed by atoms with Crippen molar-refractivity contribution in [3.05, 3.63) is 90.4 Å². The minimum absolute atomic E-state index is 0.144. The van der Waals surface area contributed by atoms with Gasteiger partial charge in [-0.25, -0.2) is 0 Å². The van der Waals surface area contributed by atoms with Crippen molar-refractivity contribution in [2.24, 2.45) is 0 Å². The van der Waals surface area contributed by atoms with E-state index in [0.29, 0.717) is 12.1 Å². The van der Waals surface area contributed by atoms with E-state index in [1.54, 1.807) is 12.4 Å². The van der Waals surface area contributed by atoms with Crippen LogP contribution in [0.5, 0.6) is 0 Å². The van der Waals surface area contributed by atoms with Gasteiger partial charge in [0, 0.05) is 35.2 Å². The lowest BCUT2D eigenvalue weighted by Crippen LogP contribution is -2.13. The minimum Gasteiger partial charge on any atom is -0.322 e. The molecule has 2 aromatic carbocycles. The van der Waals surface area contributed by atoms with Gasteiger partial charge in [-0.3, -0.25) is 14.5 Å². The standard InChI is InChI=1S/C20H16N4O/c25-20(18-7-2-9-19-17(18)8-3-10-21-19)23-16-6-1-5-15(13-16)14-24-12-4-11-22-24/h1-13H,14H2,(H,23,25). The van der Waals surface area contributed by atoms with Crippen molar-refractivity contribution in [1.29, 1.82) is 0 Å². The first-order valence-electron chi connectivity index (χ1n) is 8.01. The highest BCUT2D eigenvalue weighted by Crippen LogP contribution is 2.19. The summed E-state index contributed by atoms with van der Waals surface area (Å²) < 4.78 is 1.84. The Kier molecular flexibility index (Phi) is 3.96. The van der Waals surface area contributed by atoms with Crippen molar-refractivity contribution in [2.45, 2.75) is 6.54 Å². The molecule has 0 bridgehead atoms. The second kappa shape index (κ2) is 6.57. The third kappa shape index (κ3) is 3.26. The number of hydrogen-bond donors (Lipinski definition) is 1. The number of hydrogen-bond acceptors (Lipinski definition) is 3. The number of pyridine rings is 1. The van der Waals surface area contributed by atoms with Crippen LogP contribution in [0.25, 0.3) is 10.9 Å². The summed E-state index contributed by atoms with van der Waals surface area (Å²) >= 11 is 0. The molecule has 0 aliphatic carbocycles. The number of carbonyl (C=O) groups is 1. The van der Waals surface area contributed by atoms with Crippen LogP contribution >= 0.6 is 0 Å². The van der Waals surface area contributed by atoms with Gasteiger partial charge in [0.15, 0.2) is 0 Å². The van der Waals surface area contributed by atoms with E-state index in [0.717, 1.165) is 22.2 Å². The number of benzene rings is 2. The summed E-state index contributed by atoms with van der Waals surface area (Å²) in [6.07, 6.45) is 5.39. The molecule has 122 valence electrons. The van der Waals surface area contributed by atoms with Gasteiger partial charge in [-0.15, -0.1) is 0 Å². The Hall–Kier alpha value is -3.47. The first-order valence-corrected chi connectivity index (χ1v) is 8.01. The maximum Gasteiger partial charge on any atom is 0.256 e. The predicted octanol–water partition coefficient (Wildman–Crippen LogP) is 3.73. The maximum atomic E-state index is 12.7. The zero-order valence-corrected chi connectivity index (χ0v) is 13.5. The number of amides is 1. The lowest BCUT2D eigenvalue weighted by Gasteiger charge is -2.09. The average Bonchev–Trinajstić information content (AvgIpc) is 3.14. The van der Waals surface area contributed by atoms with Gasteiger partial charge >= 0.3 is 0 Å². The number of carbonyl (C=O) groups excluding carboxylic acids is 1. The van der Waals surface area contributed by atoms with E-state index in [1.807, 2.05) is 71.5 Å². The van der Waals surface area contributed by atoms with Crippen LogP contribution in [-0.2, 0) is 6.54 Å². The topological polar surface area (TPSA) is 59.8 Å². The molecule has 0 fully saturated rings. The Morgan fingerprint density at radius 2 is 1.92 bits per heavy atom. The largest absolute Gasteiger partial charge is 0.322 e. The molecule has 4 rings (SSSR count). The Bertz CT molecular complexity index is 1020. The van der Waals surface area contributed by atoms with Gasteiger partial charge in [0.25, 0.3) is 5.91 Å². The fourth-order valence-corrected chi connectivity index (χ4v) is 2.83. The third-order valence-corrected chi connectivity index (χ3v) is 3.98. The quantitative estimate of drug-likeness (QED) is 0.621. The zero-order chi connectivity index (χ0) is 17.1. The third-order valence-electron chi connectivity index (χ3n) is 3.98. The Labute approximate surface area is 144 Å². The van der Waals surface area contributed by atoms with Crippen LogP contribution < -0.4 is 5.32 Å². The van der Waals surface area contributed by atoms with Crippen LogP contribution in [0, 0.1) is 0 Å². The van der Waals surface area contributed by atoms with Gasteiger partial charge in [0.1, 0.15) is 0 Å². The highest BCUT2D eigenvalue weighted by molar-refractivity contribution is 6.12. The highest BCUT2D eigenvalue weighted by Gasteiger charge is 2.10. The van der Waals surface area contributed by atoms with Crippen molar-refractivity contribution < 1.29 is 4.79 Å². The molecule has 4 aromatic rings. The van der Waals surface area contributed by atoms with Gasteiger partial charge in [-0.05, 0) is 42.0 Å². The highest BCUT2D eigenvalue weighted by atomic mass is 16.1. The molecule has 5 heteroatoms. The number of nitrogens with one attached hydrogen (secondary N) is 1. The summed E-state index contributed by atoms with van der Waals surface area (Å²) in [5.74, 6) is -0.144. The maximum absolute atomic E-state index is 12.7. The summed E-state index contributed by atoms with van der Waals surface area (Å²) in [5.41, 5.74) is 3.25. The van der Waals surface area contributed by atoms with E-state index in [9.17, 15) is 4.79 Å². The molecular weight excluding hydrogens is 312 g/mol. The molecule has 0 unspecified atom stereocenters. The number of nitrogens with zero attached hydrogens (tertiary/aromatic N) is 3. The Morgan fingerprint density at radius 3 is 2.80 bits per heavy atom. The van der Waals surface area contributed by atoms with Crippen molar-refractivity contribution in [3.63, 3.8) is 0 Å². The number of anilines is 1. The predicted molar refractivity (Wildman–Crippen MR) is 97.5 cm³/mol. The lowest BCUT2D eigenvalue weighted by atomic mass is 10.1. The zero-order valence-electron chi connectivity index (χ0n) is 13.5. The molecule has 25 heavy (non-hydrogen) atoms. The molecule has 1 N–H and O–H groups in total. The van der Waals surface area contributed by atoms with Crippen molar-refractivity contribution >= 4 is 22.5 Å². The summed E-state index contributed by atoms with van der Waals surface area (Å²) in [7, 11) is 0. The molecule has 0 aliphatic heterocycles. The second-order valence-electron chi connectivity index (χ2n) is 5.73. The van der Waals surface area contributed by atoms with E-state index in [1.165, 1.54) is 0 Å². The average molecular weight is 328 g/mol. The van der Waals surface area contributed by atoms with E-state index >= 15 is 0 Å². The van der Waals surface area contributed by atoms with Gasteiger partial charge < -0.3 is 5.32 Å². The van der Waals surface area contributed by atoms with Crippen molar-refractivity contribution in [2.75, 3.05) is 5.32 Å². The van der Waals surface area contributed by atoms with Crippen LogP contribution in [0.3, 0.4) is 0 Å². The van der Waals surface area contributed by atoms with Crippen LogP contribution in [0.4, 0.5) is 5.69 Å². The molecule has 0 spiro atoms. The molecule has 0 aliphatic rings. The van der Waals surface area contributed by atoms with E-state index < -0.39 is 0 Å². The number of rotatable bonds is 4. The Balaban J connectivity index is 1.58. The summed E-state index contributed by atoms with van der Waals surface area (Å²) in [6, 6.07) is 19.0. The summed E-state index contributed by atoms with van der Waals surface area (Å²) in [5, 5.41) is 8.02. The van der Waals surface area contributed by atoms with E-state index in [2.05, 4.69) is 15.4 Å². The van der Waals surface area contributed by atoms with Gasteiger partial charge in [-0.1, -0.05) is 24.3 Å². The number of aromatic nitrogens is 3. The summed E-state index contributed by atoms with van der Waals surface area (Å²) in [4.78, 5) is 17.0. The van der Waals surface area contributed by atoms with Crippen LogP contribution in [0.1, 0.15) is 15.9 Å². The van der Waals surface area contributed by atoms with Crippen LogP contribution in [-0.4, -0.2) is 20.7 Å². The molecule has 0 saturated heterocycles. The fourth-order valence-electron chi connectivity index (χ4n) is 2.83. The SMILES string of the molecule is O=C(Nc1cccc(Cn2cccn2)c1)c1cccc2ncccc12. The molecule has 2 aromatic heterocycles. The molecule has 0 saturated carbocycles. The fraction of sp³-hybridized carbons (Fsp3) is 0.0500. The van der Waals surface area contributed by atoms with Gasteiger partial charge in [-0.2, -0.15) is 5.10 Å². The first-order chi connectivity index (χ1) is 12.3. The van der Waals surface area contributed by atoms with E-state index in [-0.39, 0.29) is 5.91 Å². The van der Waals surface area contributed by atoms with Crippen molar-refractivity contribution in [1.82, 2.24) is 14.8 Å². The number of fused-ring (bicyclic) bond motifs is 1. The van der Waals surface area contributed by atoms with Crippen LogP contribution in [0.15, 0.2) is 79.3 Å². The van der Waals surface area contributed by atoms with Gasteiger partial charge in [0.2, 0.25) is 0 Å². The minimum atomic E-state index is -0.144. The monoisotopic (exact) mass is 328 g/mol. The second-order valence-corrected chi connectivity index (χ2v) is 5.73.